The van der Waals surface area contributed by atoms with E-state index in [2.05, 4.69) is 0 Å². The lowest BCUT2D eigenvalue weighted by Gasteiger charge is -2.31. The van der Waals surface area contributed by atoms with Gasteiger partial charge in [0.1, 0.15) is 0 Å². The average molecular weight is 306 g/mol. The Morgan fingerprint density at radius 1 is 1.45 bits per heavy atom. The van der Waals surface area contributed by atoms with Gasteiger partial charge in [0, 0.05) is 19.7 Å². The van der Waals surface area contributed by atoms with E-state index in [0.29, 0.717) is 31.9 Å². The molecule has 118 valence electrons. The molecule has 1 rings (SSSR count). The largest absolute Gasteiger partial charge is 0.383 e. The Morgan fingerprint density at radius 2 is 2.10 bits per heavy atom. The molecule has 0 radical (unpaired) electrons. The molecule has 0 aromatic carbocycles. The van der Waals surface area contributed by atoms with Gasteiger partial charge in [-0.15, -0.1) is 0 Å². The maximum Gasteiger partial charge on any atom is 0.239 e. The molecule has 1 aliphatic rings. The molecule has 0 bridgehead atoms. The summed E-state index contributed by atoms with van der Waals surface area (Å²) in [6.45, 7) is 4.79. The van der Waals surface area contributed by atoms with Crippen LogP contribution in [0.2, 0.25) is 0 Å². The van der Waals surface area contributed by atoms with Crippen molar-refractivity contribution in [3.63, 3.8) is 0 Å². The second-order valence-electron chi connectivity index (χ2n) is 5.82. The number of nitrogens with zero attached hydrogens (tertiary/aromatic N) is 1. The molecule has 6 nitrogen and oxygen atoms in total. The number of sulfone groups is 1. The lowest BCUT2D eigenvalue weighted by Crippen LogP contribution is -2.50. The normalized spacial score (nSPS) is 22.9. The van der Waals surface area contributed by atoms with Crippen LogP contribution in [0, 0.1) is 5.92 Å². The molecule has 2 N–H and O–H groups in total. The highest BCUT2D eigenvalue weighted by atomic mass is 32.2. The van der Waals surface area contributed by atoms with Gasteiger partial charge in [0.15, 0.2) is 9.84 Å². The summed E-state index contributed by atoms with van der Waals surface area (Å²) in [5, 5.41) is 0. The maximum atomic E-state index is 12.4. The number of amides is 1. The third kappa shape index (κ3) is 5.03. The monoisotopic (exact) mass is 306 g/mol. The number of ether oxygens (including phenoxy) is 1. The van der Waals surface area contributed by atoms with Crippen LogP contribution in [0.3, 0.4) is 0 Å². The van der Waals surface area contributed by atoms with Gasteiger partial charge in [-0.05, 0) is 18.8 Å². The van der Waals surface area contributed by atoms with Gasteiger partial charge in [-0.2, -0.15) is 0 Å². The summed E-state index contributed by atoms with van der Waals surface area (Å²) in [7, 11) is -1.47. The summed E-state index contributed by atoms with van der Waals surface area (Å²) < 4.78 is 28.2. The zero-order valence-electron chi connectivity index (χ0n) is 12.5. The quantitative estimate of drug-likeness (QED) is 0.716. The van der Waals surface area contributed by atoms with Crippen LogP contribution >= 0.6 is 0 Å². The first-order chi connectivity index (χ1) is 9.26. The van der Waals surface area contributed by atoms with Crippen LogP contribution in [0.1, 0.15) is 26.7 Å². The van der Waals surface area contributed by atoms with Gasteiger partial charge in [0.2, 0.25) is 5.91 Å². The zero-order valence-corrected chi connectivity index (χ0v) is 13.4. The van der Waals surface area contributed by atoms with Gasteiger partial charge in [0.05, 0.1) is 24.2 Å². The summed E-state index contributed by atoms with van der Waals surface area (Å²) in [6.07, 6.45) is 1.09. The molecular weight excluding hydrogens is 280 g/mol. The van der Waals surface area contributed by atoms with Crippen LogP contribution in [0.15, 0.2) is 0 Å². The molecular formula is C13H26N2O4S. The van der Waals surface area contributed by atoms with Gasteiger partial charge >= 0.3 is 0 Å². The Hall–Kier alpha value is -0.660. The number of rotatable bonds is 7. The minimum Gasteiger partial charge on any atom is -0.383 e. The van der Waals surface area contributed by atoms with Crippen LogP contribution < -0.4 is 5.73 Å². The lowest BCUT2D eigenvalue weighted by molar-refractivity contribution is -0.135. The van der Waals surface area contributed by atoms with E-state index in [1.54, 1.807) is 12.0 Å². The van der Waals surface area contributed by atoms with E-state index in [4.69, 9.17) is 10.5 Å². The molecule has 1 heterocycles. The SMILES string of the molecule is COCCN(C(=O)[C@@H](N)CC(C)C)C1CCS(=O)(=O)C1. The first-order valence-corrected chi connectivity index (χ1v) is 8.84. The van der Waals surface area contributed by atoms with Crippen LogP contribution in [0.25, 0.3) is 0 Å². The number of hydrogen-bond donors (Lipinski definition) is 1. The van der Waals surface area contributed by atoms with E-state index in [-0.39, 0.29) is 23.5 Å². The first kappa shape index (κ1) is 17.4. The van der Waals surface area contributed by atoms with E-state index in [1.165, 1.54) is 0 Å². The molecule has 1 saturated heterocycles. The van der Waals surface area contributed by atoms with E-state index in [9.17, 15) is 13.2 Å². The Labute approximate surface area is 121 Å². The minimum atomic E-state index is -3.02. The summed E-state index contributed by atoms with van der Waals surface area (Å²) in [4.78, 5) is 14.0. The number of nitrogens with two attached hydrogens (primary N) is 1. The Balaban J connectivity index is 2.75. The van der Waals surface area contributed by atoms with Gasteiger partial charge in [-0.3, -0.25) is 4.79 Å². The molecule has 7 heteroatoms. The Bertz CT molecular complexity index is 422. The number of carbonyl (C=O) groups is 1. The smallest absolute Gasteiger partial charge is 0.239 e. The van der Waals surface area contributed by atoms with Crippen molar-refractivity contribution in [1.82, 2.24) is 4.90 Å². The van der Waals surface area contributed by atoms with Gasteiger partial charge < -0.3 is 15.4 Å². The van der Waals surface area contributed by atoms with Gasteiger partial charge in [-0.1, -0.05) is 13.8 Å². The van der Waals surface area contributed by atoms with Crippen molar-refractivity contribution in [1.29, 1.82) is 0 Å². The number of hydrogen-bond acceptors (Lipinski definition) is 5. The fourth-order valence-corrected chi connectivity index (χ4v) is 4.24. The highest BCUT2D eigenvalue weighted by molar-refractivity contribution is 7.91. The molecule has 1 fully saturated rings. The van der Waals surface area contributed by atoms with Gasteiger partial charge in [-0.25, -0.2) is 8.42 Å². The summed E-state index contributed by atoms with van der Waals surface area (Å²) in [5.41, 5.74) is 5.94. The standard InChI is InChI=1S/C13H26N2O4S/c1-10(2)8-12(14)13(16)15(5-6-19-3)11-4-7-20(17,18)9-11/h10-12H,4-9,14H2,1-3H3/t11?,12-/m0/s1. The van der Waals surface area contributed by atoms with E-state index < -0.39 is 15.9 Å². The van der Waals surface area contributed by atoms with Crippen molar-refractivity contribution >= 4 is 15.7 Å². The molecule has 1 amide bonds. The topological polar surface area (TPSA) is 89.7 Å². The summed E-state index contributed by atoms with van der Waals surface area (Å²) in [5.74, 6) is 0.341. The van der Waals surface area contributed by atoms with Crippen LogP contribution in [-0.2, 0) is 19.4 Å². The Morgan fingerprint density at radius 3 is 2.55 bits per heavy atom. The predicted octanol–water partition coefficient (Wildman–Crippen LogP) is 0.0219. The first-order valence-electron chi connectivity index (χ1n) is 7.02. The van der Waals surface area contributed by atoms with Crippen molar-refractivity contribution in [2.45, 2.75) is 38.8 Å². The summed E-state index contributed by atoms with van der Waals surface area (Å²) >= 11 is 0. The molecule has 0 aliphatic carbocycles. The molecule has 0 spiro atoms. The molecule has 0 aromatic heterocycles. The van der Waals surface area contributed by atoms with E-state index >= 15 is 0 Å². The molecule has 1 aliphatic heterocycles. The van der Waals surface area contributed by atoms with Crippen LogP contribution in [-0.4, -0.2) is 63.1 Å². The number of carbonyl (C=O) groups excluding carboxylic acids is 1. The molecule has 2 atom stereocenters. The minimum absolute atomic E-state index is 0.0385. The highest BCUT2D eigenvalue weighted by Crippen LogP contribution is 2.19. The second kappa shape index (κ2) is 7.38. The van der Waals surface area contributed by atoms with Crippen molar-refractivity contribution in [3.8, 4) is 0 Å². The average Bonchev–Trinajstić information content (AvgIpc) is 2.69. The second-order valence-corrected chi connectivity index (χ2v) is 8.05. The van der Waals surface area contributed by atoms with Crippen LogP contribution in [0.4, 0.5) is 0 Å². The van der Waals surface area contributed by atoms with Crippen molar-refractivity contribution in [2.24, 2.45) is 11.7 Å². The molecule has 20 heavy (non-hydrogen) atoms. The molecule has 0 saturated carbocycles. The van der Waals surface area contributed by atoms with Crippen LogP contribution in [0.5, 0.6) is 0 Å². The molecule has 0 aromatic rings. The third-order valence-electron chi connectivity index (χ3n) is 3.51. The van der Waals surface area contributed by atoms with E-state index in [0.717, 1.165) is 0 Å². The Kier molecular flexibility index (Phi) is 6.42. The number of methoxy groups -OCH3 is 1. The molecule has 1 unspecified atom stereocenters. The fourth-order valence-electron chi connectivity index (χ4n) is 2.51. The fraction of sp³-hybridized carbons (Fsp3) is 0.923. The van der Waals surface area contributed by atoms with Crippen molar-refractivity contribution < 1.29 is 17.9 Å². The zero-order chi connectivity index (χ0) is 15.3. The maximum absolute atomic E-state index is 12.4. The predicted molar refractivity (Wildman–Crippen MR) is 78.1 cm³/mol. The van der Waals surface area contributed by atoms with Crippen molar-refractivity contribution in [2.75, 3.05) is 31.8 Å². The summed E-state index contributed by atoms with van der Waals surface area (Å²) in [6, 6.07) is -0.837. The lowest BCUT2D eigenvalue weighted by atomic mass is 10.0. The van der Waals surface area contributed by atoms with E-state index in [1.807, 2.05) is 13.8 Å². The third-order valence-corrected chi connectivity index (χ3v) is 5.26. The van der Waals surface area contributed by atoms with Crippen molar-refractivity contribution in [3.05, 3.63) is 0 Å². The van der Waals surface area contributed by atoms with Gasteiger partial charge in [0.25, 0.3) is 0 Å². The highest BCUT2D eigenvalue weighted by Gasteiger charge is 2.36.